The molecule has 2 aliphatic rings. The molecule has 4 rings (SSSR count). The maximum absolute atomic E-state index is 13.6. The summed E-state index contributed by atoms with van der Waals surface area (Å²) in [6, 6.07) is 0.100. The predicted octanol–water partition coefficient (Wildman–Crippen LogP) is 4.57. The van der Waals surface area contributed by atoms with Gasteiger partial charge in [-0.25, -0.2) is 4.98 Å². The van der Waals surface area contributed by atoms with Crippen LogP contribution in [-0.2, 0) is 9.53 Å². The van der Waals surface area contributed by atoms with Gasteiger partial charge >= 0.3 is 0 Å². The molecular weight excluding hydrogens is 410 g/mol. The fourth-order valence-electron chi connectivity index (χ4n) is 5.27. The van der Waals surface area contributed by atoms with Crippen LogP contribution in [0.3, 0.4) is 0 Å². The van der Waals surface area contributed by atoms with E-state index < -0.39 is 0 Å². The second kappa shape index (κ2) is 9.02. The van der Waals surface area contributed by atoms with Crippen molar-refractivity contribution in [3.8, 4) is 0 Å². The first-order chi connectivity index (χ1) is 14.8. The molecule has 3 heterocycles. The molecular formula is C24H35N3O3S. The third kappa shape index (κ3) is 4.19. The first-order valence-corrected chi connectivity index (χ1v) is 12.5. The molecule has 1 aliphatic carbocycles. The van der Waals surface area contributed by atoms with Gasteiger partial charge < -0.3 is 9.64 Å². The minimum Gasteiger partial charge on any atom is -0.381 e. The number of carbonyl (C=O) groups excluding carboxylic acids is 1. The van der Waals surface area contributed by atoms with Crippen LogP contribution in [0.4, 0.5) is 0 Å². The van der Waals surface area contributed by atoms with E-state index in [9.17, 15) is 9.59 Å². The Labute approximate surface area is 188 Å². The molecule has 1 amide bonds. The third-order valence-electron chi connectivity index (χ3n) is 7.23. The van der Waals surface area contributed by atoms with Crippen LogP contribution in [-0.4, -0.2) is 46.7 Å². The van der Waals surface area contributed by atoms with E-state index in [0.717, 1.165) is 65.0 Å². The summed E-state index contributed by atoms with van der Waals surface area (Å²) in [6.07, 6.45) is 5.74. The normalized spacial score (nSPS) is 23.1. The van der Waals surface area contributed by atoms with Crippen molar-refractivity contribution in [2.45, 2.75) is 84.3 Å². The van der Waals surface area contributed by atoms with Crippen LogP contribution in [0.15, 0.2) is 4.79 Å². The SMILES string of the molecule is COC1CCCC(C(=O)N2CCC(n3c(C(C)C)nc4sc(C)c(C)c4c3=O)CC2)C1. The average molecular weight is 446 g/mol. The average Bonchev–Trinajstić information content (AvgIpc) is 3.07. The Hall–Kier alpha value is -1.73. The molecule has 2 unspecified atom stereocenters. The lowest BCUT2D eigenvalue weighted by Crippen LogP contribution is -2.45. The quantitative estimate of drug-likeness (QED) is 0.692. The number of likely N-dealkylation sites (tertiary alicyclic amines) is 1. The monoisotopic (exact) mass is 445 g/mol. The summed E-state index contributed by atoms with van der Waals surface area (Å²) in [4.78, 5) is 35.6. The summed E-state index contributed by atoms with van der Waals surface area (Å²) in [7, 11) is 1.74. The minimum absolute atomic E-state index is 0.0821. The highest BCUT2D eigenvalue weighted by atomic mass is 32.1. The molecule has 7 heteroatoms. The number of hydrogen-bond acceptors (Lipinski definition) is 5. The van der Waals surface area contributed by atoms with Crippen molar-refractivity contribution >= 4 is 27.5 Å². The molecule has 2 fully saturated rings. The standard InChI is InChI=1S/C24H35N3O3S/c1-14(2)21-25-22-20(15(3)16(4)31-22)24(29)27(21)18-9-11-26(12-10-18)23(28)17-7-6-8-19(13-17)30-5/h14,17-19H,6-13H2,1-5H3. The van der Waals surface area contributed by atoms with Crippen molar-refractivity contribution in [1.82, 2.24) is 14.5 Å². The molecule has 0 N–H and O–H groups in total. The number of amides is 1. The van der Waals surface area contributed by atoms with Crippen molar-refractivity contribution < 1.29 is 9.53 Å². The lowest BCUT2D eigenvalue weighted by Gasteiger charge is -2.37. The van der Waals surface area contributed by atoms with Gasteiger partial charge in [0.2, 0.25) is 5.91 Å². The highest BCUT2D eigenvalue weighted by Crippen LogP contribution is 2.33. The Morgan fingerprint density at radius 3 is 2.52 bits per heavy atom. The maximum Gasteiger partial charge on any atom is 0.262 e. The molecule has 1 saturated heterocycles. The van der Waals surface area contributed by atoms with Crippen LogP contribution >= 0.6 is 11.3 Å². The van der Waals surface area contributed by atoms with Gasteiger partial charge in [0, 0.05) is 43.0 Å². The highest BCUT2D eigenvalue weighted by Gasteiger charge is 2.33. The molecule has 2 atom stereocenters. The summed E-state index contributed by atoms with van der Waals surface area (Å²) in [6.45, 7) is 9.71. The van der Waals surface area contributed by atoms with Crippen LogP contribution in [0.5, 0.6) is 0 Å². The number of fused-ring (bicyclic) bond motifs is 1. The van der Waals surface area contributed by atoms with Crippen molar-refractivity contribution in [2.24, 2.45) is 5.92 Å². The molecule has 0 radical (unpaired) electrons. The molecule has 31 heavy (non-hydrogen) atoms. The molecule has 2 aromatic heterocycles. The smallest absolute Gasteiger partial charge is 0.262 e. The number of thiophene rings is 1. The van der Waals surface area contributed by atoms with E-state index in [2.05, 4.69) is 20.8 Å². The predicted molar refractivity (Wildman–Crippen MR) is 125 cm³/mol. The van der Waals surface area contributed by atoms with Crippen LogP contribution < -0.4 is 5.56 Å². The van der Waals surface area contributed by atoms with Gasteiger partial charge in [-0.15, -0.1) is 11.3 Å². The van der Waals surface area contributed by atoms with E-state index in [1.807, 2.05) is 16.4 Å². The lowest BCUT2D eigenvalue weighted by molar-refractivity contribution is -0.139. The van der Waals surface area contributed by atoms with Gasteiger partial charge in [0.25, 0.3) is 5.56 Å². The number of rotatable bonds is 4. The number of aryl methyl sites for hydroxylation is 2. The number of piperidine rings is 1. The molecule has 1 saturated carbocycles. The van der Waals surface area contributed by atoms with Gasteiger partial charge in [-0.2, -0.15) is 0 Å². The van der Waals surface area contributed by atoms with Crippen molar-refractivity contribution in [3.05, 3.63) is 26.6 Å². The molecule has 1 aliphatic heterocycles. The van der Waals surface area contributed by atoms with E-state index in [4.69, 9.17) is 9.72 Å². The van der Waals surface area contributed by atoms with Crippen molar-refractivity contribution in [2.75, 3.05) is 20.2 Å². The Bertz CT molecular complexity index is 1020. The first kappa shape index (κ1) is 22.5. The van der Waals surface area contributed by atoms with Crippen molar-refractivity contribution in [1.29, 1.82) is 0 Å². The van der Waals surface area contributed by atoms with Gasteiger partial charge in [0.1, 0.15) is 10.7 Å². The molecule has 0 bridgehead atoms. The minimum atomic E-state index is 0.0821. The van der Waals surface area contributed by atoms with E-state index in [1.54, 1.807) is 18.4 Å². The van der Waals surface area contributed by atoms with Gasteiger partial charge in [-0.1, -0.05) is 20.3 Å². The summed E-state index contributed by atoms with van der Waals surface area (Å²) in [5.41, 5.74) is 1.15. The Morgan fingerprint density at radius 2 is 1.87 bits per heavy atom. The van der Waals surface area contributed by atoms with Crippen LogP contribution in [0.1, 0.15) is 80.6 Å². The lowest BCUT2D eigenvalue weighted by atomic mass is 9.85. The zero-order chi connectivity index (χ0) is 22.3. The summed E-state index contributed by atoms with van der Waals surface area (Å²) < 4.78 is 7.47. The van der Waals surface area contributed by atoms with Crippen molar-refractivity contribution in [3.63, 3.8) is 0 Å². The number of ether oxygens (including phenoxy) is 1. The van der Waals surface area contributed by atoms with Crippen LogP contribution in [0, 0.1) is 19.8 Å². The molecule has 2 aromatic rings. The Kier molecular flexibility index (Phi) is 6.54. The molecule has 0 spiro atoms. The molecule has 0 aromatic carbocycles. The topological polar surface area (TPSA) is 64.4 Å². The van der Waals surface area contributed by atoms with E-state index in [0.29, 0.717) is 13.1 Å². The van der Waals surface area contributed by atoms with Gasteiger partial charge in [0.05, 0.1) is 11.5 Å². The number of aromatic nitrogens is 2. The molecule has 170 valence electrons. The fraction of sp³-hybridized carbons (Fsp3) is 0.708. The fourth-order valence-corrected chi connectivity index (χ4v) is 6.29. The summed E-state index contributed by atoms with van der Waals surface area (Å²) >= 11 is 1.61. The largest absolute Gasteiger partial charge is 0.381 e. The second-order valence-electron chi connectivity index (χ2n) is 9.54. The van der Waals surface area contributed by atoms with E-state index >= 15 is 0 Å². The zero-order valence-electron chi connectivity index (χ0n) is 19.4. The first-order valence-electron chi connectivity index (χ1n) is 11.7. The number of methoxy groups -OCH3 is 1. The Morgan fingerprint density at radius 1 is 1.16 bits per heavy atom. The zero-order valence-corrected chi connectivity index (χ0v) is 20.3. The van der Waals surface area contributed by atoms with Crippen LogP contribution in [0.2, 0.25) is 0 Å². The number of nitrogens with zero attached hydrogens (tertiary/aromatic N) is 3. The van der Waals surface area contributed by atoms with E-state index in [1.165, 1.54) is 0 Å². The highest BCUT2D eigenvalue weighted by molar-refractivity contribution is 7.18. The third-order valence-corrected chi connectivity index (χ3v) is 8.33. The summed E-state index contributed by atoms with van der Waals surface area (Å²) in [5.74, 6) is 1.40. The maximum atomic E-state index is 13.6. The van der Waals surface area contributed by atoms with E-state index in [-0.39, 0.29) is 35.4 Å². The van der Waals surface area contributed by atoms with Crippen LogP contribution in [0.25, 0.3) is 10.2 Å². The Balaban J connectivity index is 1.55. The number of hydrogen-bond donors (Lipinski definition) is 0. The number of carbonyl (C=O) groups is 1. The van der Waals surface area contributed by atoms with Gasteiger partial charge in [-0.3, -0.25) is 14.2 Å². The van der Waals surface area contributed by atoms with Gasteiger partial charge in [-0.05, 0) is 51.5 Å². The second-order valence-corrected chi connectivity index (χ2v) is 10.7. The van der Waals surface area contributed by atoms with Gasteiger partial charge in [0.15, 0.2) is 0 Å². The summed E-state index contributed by atoms with van der Waals surface area (Å²) in [5, 5.41) is 0.776. The molecule has 6 nitrogen and oxygen atoms in total.